The Balaban J connectivity index is 1.50. The number of nitrogens with one attached hydrogen (secondary N) is 2. The van der Waals surface area contributed by atoms with Crippen LogP contribution in [0.3, 0.4) is 0 Å². The maximum atomic E-state index is 12.8. The molecule has 0 aromatic carbocycles. The molecule has 0 unspecified atom stereocenters. The lowest BCUT2D eigenvalue weighted by molar-refractivity contribution is -0.136. The molecular formula is C19H32N4O3. The van der Waals surface area contributed by atoms with Crippen LogP contribution in [0.1, 0.15) is 58.8 Å². The minimum Gasteiger partial charge on any atom is -0.352 e. The van der Waals surface area contributed by atoms with Gasteiger partial charge in [0.1, 0.15) is 12.1 Å². The molecule has 1 spiro atoms. The minimum absolute atomic E-state index is 0.140. The molecular weight excluding hydrogens is 332 g/mol. The van der Waals surface area contributed by atoms with Gasteiger partial charge in [-0.2, -0.15) is 0 Å². The van der Waals surface area contributed by atoms with Crippen molar-refractivity contribution < 1.29 is 14.4 Å². The molecule has 2 saturated heterocycles. The zero-order valence-corrected chi connectivity index (χ0v) is 16.1. The average molecular weight is 364 g/mol. The lowest BCUT2D eigenvalue weighted by atomic mass is 9.77. The van der Waals surface area contributed by atoms with Crippen LogP contribution in [0.4, 0.5) is 4.79 Å². The Bertz CT molecular complexity index is 549. The molecule has 7 heteroatoms. The highest BCUT2D eigenvalue weighted by Crippen LogP contribution is 2.36. The number of urea groups is 1. The van der Waals surface area contributed by atoms with Crippen molar-refractivity contribution in [2.24, 2.45) is 5.92 Å². The van der Waals surface area contributed by atoms with Crippen molar-refractivity contribution in [3.63, 3.8) is 0 Å². The van der Waals surface area contributed by atoms with Crippen LogP contribution in [-0.2, 0) is 9.59 Å². The van der Waals surface area contributed by atoms with Gasteiger partial charge in [-0.05, 0) is 57.4 Å². The number of amides is 4. The molecule has 3 fully saturated rings. The predicted molar refractivity (Wildman–Crippen MR) is 98.5 cm³/mol. The van der Waals surface area contributed by atoms with E-state index < -0.39 is 11.6 Å². The number of carbonyl (C=O) groups is 3. The van der Waals surface area contributed by atoms with E-state index in [0.29, 0.717) is 18.8 Å². The number of hydrogen-bond acceptors (Lipinski definition) is 4. The first kappa shape index (κ1) is 19.1. The van der Waals surface area contributed by atoms with E-state index in [1.54, 1.807) is 0 Å². The molecule has 7 nitrogen and oxygen atoms in total. The Labute approximate surface area is 155 Å². The highest BCUT2D eigenvalue weighted by molar-refractivity contribution is 6.09. The molecule has 3 aliphatic rings. The third kappa shape index (κ3) is 4.03. The highest BCUT2D eigenvalue weighted by atomic mass is 16.2. The van der Waals surface area contributed by atoms with Gasteiger partial charge in [-0.3, -0.25) is 14.5 Å². The molecule has 2 aliphatic heterocycles. The van der Waals surface area contributed by atoms with Crippen LogP contribution in [-0.4, -0.2) is 65.4 Å². The fourth-order valence-electron chi connectivity index (χ4n) is 4.45. The summed E-state index contributed by atoms with van der Waals surface area (Å²) in [6.45, 7) is 7.25. The zero-order valence-electron chi connectivity index (χ0n) is 16.1. The first-order valence-corrected chi connectivity index (χ1v) is 10.1. The summed E-state index contributed by atoms with van der Waals surface area (Å²) in [6.07, 6.45) is 6.20. The number of hydrogen-bond donors (Lipinski definition) is 2. The summed E-state index contributed by atoms with van der Waals surface area (Å²) in [5.41, 5.74) is -0.768. The van der Waals surface area contributed by atoms with Crippen LogP contribution in [0.2, 0.25) is 0 Å². The van der Waals surface area contributed by atoms with Gasteiger partial charge in [0.15, 0.2) is 0 Å². The van der Waals surface area contributed by atoms with Crippen LogP contribution in [0.5, 0.6) is 0 Å². The molecule has 4 amide bonds. The van der Waals surface area contributed by atoms with E-state index in [4.69, 9.17) is 0 Å². The number of likely N-dealkylation sites (tertiary alicyclic amines) is 1. The minimum atomic E-state index is -0.768. The van der Waals surface area contributed by atoms with Crippen LogP contribution in [0, 0.1) is 5.92 Å². The summed E-state index contributed by atoms with van der Waals surface area (Å²) in [4.78, 5) is 41.0. The molecule has 0 atom stereocenters. The topological polar surface area (TPSA) is 81.8 Å². The van der Waals surface area contributed by atoms with Gasteiger partial charge >= 0.3 is 6.03 Å². The Morgan fingerprint density at radius 2 is 1.85 bits per heavy atom. The van der Waals surface area contributed by atoms with Crippen molar-refractivity contribution in [1.82, 2.24) is 20.4 Å². The fraction of sp³-hybridized carbons (Fsp3) is 0.842. The van der Waals surface area contributed by atoms with Crippen molar-refractivity contribution >= 4 is 17.8 Å². The Hall–Kier alpha value is -1.63. The van der Waals surface area contributed by atoms with Crippen molar-refractivity contribution in [2.75, 3.05) is 26.2 Å². The maximum absolute atomic E-state index is 12.8. The number of nitrogens with zero attached hydrogens (tertiary/aromatic N) is 2. The van der Waals surface area contributed by atoms with E-state index in [9.17, 15) is 14.4 Å². The lowest BCUT2D eigenvalue weighted by Gasteiger charge is -2.33. The maximum Gasteiger partial charge on any atom is 0.325 e. The van der Waals surface area contributed by atoms with Gasteiger partial charge < -0.3 is 15.5 Å². The van der Waals surface area contributed by atoms with Gasteiger partial charge in [0.05, 0.1) is 0 Å². The van der Waals surface area contributed by atoms with Crippen molar-refractivity contribution in [1.29, 1.82) is 0 Å². The van der Waals surface area contributed by atoms with Gasteiger partial charge in [0, 0.05) is 19.1 Å². The number of piperidine rings is 1. The second-order valence-electron chi connectivity index (χ2n) is 8.27. The SMILES string of the molecule is CCCN1CCC(NC(=O)CN2C(=O)NC3(CCC(C)CC3)C2=O)CC1. The molecule has 0 bridgehead atoms. The van der Waals surface area contributed by atoms with Crippen molar-refractivity contribution in [3.8, 4) is 0 Å². The molecule has 0 aromatic heterocycles. The average Bonchev–Trinajstić information content (AvgIpc) is 2.84. The Morgan fingerprint density at radius 1 is 1.19 bits per heavy atom. The highest BCUT2D eigenvalue weighted by Gasteiger charge is 2.52. The monoisotopic (exact) mass is 364 g/mol. The number of imide groups is 1. The Morgan fingerprint density at radius 3 is 2.46 bits per heavy atom. The summed E-state index contributed by atoms with van der Waals surface area (Å²) in [5.74, 6) is 0.132. The summed E-state index contributed by atoms with van der Waals surface area (Å²) >= 11 is 0. The zero-order chi connectivity index (χ0) is 18.7. The van der Waals surface area contributed by atoms with E-state index in [-0.39, 0.29) is 24.4 Å². The largest absolute Gasteiger partial charge is 0.352 e. The van der Waals surface area contributed by atoms with Crippen molar-refractivity contribution in [2.45, 2.75) is 70.4 Å². The van der Waals surface area contributed by atoms with E-state index in [1.165, 1.54) is 0 Å². The van der Waals surface area contributed by atoms with E-state index in [1.807, 2.05) is 0 Å². The fourth-order valence-corrected chi connectivity index (χ4v) is 4.45. The third-order valence-corrected chi connectivity index (χ3v) is 6.17. The first-order valence-electron chi connectivity index (χ1n) is 10.1. The molecule has 0 aromatic rings. The quantitative estimate of drug-likeness (QED) is 0.724. The molecule has 2 heterocycles. The van der Waals surface area contributed by atoms with Crippen LogP contribution >= 0.6 is 0 Å². The summed E-state index contributed by atoms with van der Waals surface area (Å²) in [6, 6.07) is -0.279. The number of carbonyl (C=O) groups excluding carboxylic acids is 3. The van der Waals surface area contributed by atoms with Crippen LogP contribution < -0.4 is 10.6 Å². The summed E-state index contributed by atoms with van der Waals surface area (Å²) in [5, 5.41) is 5.88. The van der Waals surface area contributed by atoms with E-state index in [2.05, 4.69) is 29.4 Å². The van der Waals surface area contributed by atoms with Gasteiger partial charge in [-0.15, -0.1) is 0 Å². The molecule has 146 valence electrons. The lowest BCUT2D eigenvalue weighted by Crippen LogP contribution is -2.50. The second-order valence-corrected chi connectivity index (χ2v) is 8.27. The number of rotatable bonds is 5. The van der Waals surface area contributed by atoms with E-state index >= 15 is 0 Å². The summed E-state index contributed by atoms with van der Waals surface area (Å²) < 4.78 is 0. The molecule has 2 N–H and O–H groups in total. The van der Waals surface area contributed by atoms with Gasteiger partial charge in [-0.1, -0.05) is 13.8 Å². The molecule has 1 saturated carbocycles. The van der Waals surface area contributed by atoms with Crippen molar-refractivity contribution in [3.05, 3.63) is 0 Å². The smallest absolute Gasteiger partial charge is 0.325 e. The van der Waals surface area contributed by atoms with Gasteiger partial charge in [-0.25, -0.2) is 4.79 Å². The van der Waals surface area contributed by atoms with E-state index in [0.717, 1.165) is 56.6 Å². The van der Waals surface area contributed by atoms with Crippen LogP contribution in [0.25, 0.3) is 0 Å². The van der Waals surface area contributed by atoms with Gasteiger partial charge in [0.25, 0.3) is 5.91 Å². The van der Waals surface area contributed by atoms with Gasteiger partial charge in [0.2, 0.25) is 5.91 Å². The summed E-state index contributed by atoms with van der Waals surface area (Å²) in [7, 11) is 0. The van der Waals surface area contributed by atoms with Crippen LogP contribution in [0.15, 0.2) is 0 Å². The predicted octanol–water partition coefficient (Wildman–Crippen LogP) is 1.48. The standard InChI is InChI=1S/C19H32N4O3/c1-3-10-22-11-6-15(7-12-22)20-16(24)13-23-17(25)19(21-18(23)26)8-4-14(2)5-9-19/h14-15H,3-13H2,1-2H3,(H,20,24)(H,21,26). The molecule has 3 rings (SSSR count). The normalized spacial score (nSPS) is 30.7. The second kappa shape index (κ2) is 7.94. The first-order chi connectivity index (χ1) is 12.4. The third-order valence-electron chi connectivity index (χ3n) is 6.17. The molecule has 26 heavy (non-hydrogen) atoms. The molecule has 0 radical (unpaired) electrons. The Kier molecular flexibility index (Phi) is 5.85. The molecule has 1 aliphatic carbocycles.